The highest BCUT2D eigenvalue weighted by atomic mass is 19.1. The van der Waals surface area contributed by atoms with Gasteiger partial charge in [-0.15, -0.1) is 0 Å². The van der Waals surface area contributed by atoms with Crippen molar-refractivity contribution in [3.05, 3.63) is 42.3 Å². The van der Waals surface area contributed by atoms with Crippen LogP contribution in [0.2, 0.25) is 0 Å². The van der Waals surface area contributed by atoms with Gasteiger partial charge in [-0.3, -0.25) is 9.80 Å². The van der Waals surface area contributed by atoms with Crippen molar-refractivity contribution in [2.45, 2.75) is 19.3 Å². The summed E-state index contributed by atoms with van der Waals surface area (Å²) in [5.41, 5.74) is 1.20. The number of amides is 1. The summed E-state index contributed by atoms with van der Waals surface area (Å²) >= 11 is 0. The van der Waals surface area contributed by atoms with Gasteiger partial charge >= 0.3 is 6.09 Å². The number of carbonyl (C=O) groups is 1. The summed E-state index contributed by atoms with van der Waals surface area (Å²) in [5, 5.41) is 20.9. The van der Waals surface area contributed by atoms with Gasteiger partial charge in [-0.05, 0) is 47.7 Å². The number of carbonyl (C=O) groups excluding carboxylic acids is 1. The van der Waals surface area contributed by atoms with E-state index in [9.17, 15) is 14.3 Å². The van der Waals surface area contributed by atoms with Gasteiger partial charge in [0.25, 0.3) is 5.95 Å². The van der Waals surface area contributed by atoms with Crippen LogP contribution in [-0.2, 0) is 11.8 Å². The van der Waals surface area contributed by atoms with Crippen LogP contribution in [0.5, 0.6) is 0 Å². The molecule has 2 unspecified atom stereocenters. The van der Waals surface area contributed by atoms with Gasteiger partial charge in [-0.1, -0.05) is 5.10 Å². The van der Waals surface area contributed by atoms with Crippen molar-refractivity contribution in [1.29, 1.82) is 0 Å². The fourth-order valence-electron chi connectivity index (χ4n) is 3.14. The number of benzene rings is 1. The van der Waals surface area contributed by atoms with Gasteiger partial charge < -0.3 is 9.84 Å². The maximum Gasteiger partial charge on any atom is 0.417 e. The summed E-state index contributed by atoms with van der Waals surface area (Å²) in [4.78, 5) is 19.1. The molecule has 10 nitrogen and oxygen atoms in total. The largest absolute Gasteiger partial charge is 0.417 e. The van der Waals surface area contributed by atoms with Gasteiger partial charge in [0.15, 0.2) is 0 Å². The van der Waals surface area contributed by atoms with Crippen LogP contribution in [0.25, 0.3) is 11.1 Å². The molecule has 4 rings (SSSR count). The van der Waals surface area contributed by atoms with Crippen molar-refractivity contribution in [3.8, 4) is 11.1 Å². The predicted molar refractivity (Wildman–Crippen MR) is 101 cm³/mol. The summed E-state index contributed by atoms with van der Waals surface area (Å²) in [5.74, 6) is 0.574. The number of tetrazole rings is 1. The lowest BCUT2D eigenvalue weighted by atomic mass is 10.1. The number of anilines is 3. The number of aromatic nitrogens is 5. The molecule has 0 radical (unpaired) electrons. The first-order valence-corrected chi connectivity index (χ1v) is 8.77. The molecule has 11 heteroatoms. The molecule has 1 aromatic carbocycles. The molecule has 1 fully saturated rings. The Labute approximate surface area is 165 Å². The molecule has 1 saturated heterocycles. The normalized spacial score (nSPS) is 18.8. The van der Waals surface area contributed by atoms with E-state index in [1.54, 1.807) is 56.4 Å². The van der Waals surface area contributed by atoms with E-state index in [4.69, 9.17) is 4.74 Å². The molecule has 3 aromatic rings. The third kappa shape index (κ3) is 3.25. The Kier molecular flexibility index (Phi) is 4.59. The number of aryl methyl sites for hydroxylation is 1. The Hall–Kier alpha value is -3.60. The highest BCUT2D eigenvalue weighted by Crippen LogP contribution is 2.31. The fraction of sp³-hybridized carbons (Fsp3) is 0.278. The number of hydrogen-bond donors (Lipinski definition) is 1. The number of cyclic esters (lactones) is 1. The minimum absolute atomic E-state index is 0.305. The summed E-state index contributed by atoms with van der Waals surface area (Å²) in [6.45, 7) is 1.62. The van der Waals surface area contributed by atoms with E-state index >= 15 is 0 Å². The van der Waals surface area contributed by atoms with Crippen molar-refractivity contribution in [1.82, 2.24) is 25.2 Å². The Balaban J connectivity index is 1.59. The molecule has 1 aliphatic heterocycles. The van der Waals surface area contributed by atoms with Crippen LogP contribution < -0.4 is 9.80 Å². The molecule has 3 heterocycles. The second kappa shape index (κ2) is 7.09. The van der Waals surface area contributed by atoms with E-state index in [-0.39, 0.29) is 0 Å². The average molecular weight is 399 g/mol. The highest BCUT2D eigenvalue weighted by molar-refractivity contribution is 5.90. The van der Waals surface area contributed by atoms with E-state index < -0.39 is 24.2 Å². The highest BCUT2D eigenvalue weighted by Gasteiger charge is 2.38. The average Bonchev–Trinajstić information content (AvgIpc) is 3.24. The molecule has 1 N–H and O–H groups in total. The fourth-order valence-corrected chi connectivity index (χ4v) is 3.14. The molecule has 0 aliphatic carbocycles. The molecule has 150 valence electrons. The molecule has 2 aromatic heterocycles. The number of pyridine rings is 1. The molecular formula is C18H18FN7O3. The Morgan fingerprint density at radius 2 is 2.07 bits per heavy atom. The van der Waals surface area contributed by atoms with Crippen LogP contribution in [0.1, 0.15) is 6.92 Å². The minimum atomic E-state index is -1.25. The molecule has 29 heavy (non-hydrogen) atoms. The van der Waals surface area contributed by atoms with Crippen LogP contribution >= 0.6 is 0 Å². The molecule has 2 atom stereocenters. The summed E-state index contributed by atoms with van der Waals surface area (Å²) in [6.07, 6.45) is -0.419. The molecule has 0 spiro atoms. The van der Waals surface area contributed by atoms with Crippen molar-refractivity contribution >= 4 is 23.5 Å². The number of nitrogens with zero attached hydrogens (tertiary/aromatic N) is 7. The quantitative estimate of drug-likeness (QED) is 0.708. The molecular weight excluding hydrogens is 381 g/mol. The third-order valence-electron chi connectivity index (χ3n) is 4.77. The lowest BCUT2D eigenvalue weighted by Crippen LogP contribution is -2.33. The Bertz CT molecular complexity index is 1060. The van der Waals surface area contributed by atoms with Gasteiger partial charge in [0.05, 0.1) is 11.7 Å². The first kappa shape index (κ1) is 18.7. The maximum absolute atomic E-state index is 14.8. The van der Waals surface area contributed by atoms with Gasteiger partial charge in [0.1, 0.15) is 11.6 Å². The van der Waals surface area contributed by atoms with Crippen LogP contribution in [0, 0.1) is 5.82 Å². The summed E-state index contributed by atoms with van der Waals surface area (Å²) < 4.78 is 21.0. The van der Waals surface area contributed by atoms with E-state index in [0.717, 1.165) is 0 Å². The number of rotatable bonds is 4. The predicted octanol–water partition coefficient (Wildman–Crippen LogP) is 1.84. The van der Waals surface area contributed by atoms with Crippen molar-refractivity contribution in [2.24, 2.45) is 7.05 Å². The van der Waals surface area contributed by atoms with E-state index in [0.29, 0.717) is 28.6 Å². The first-order chi connectivity index (χ1) is 13.9. The standard InChI is InChI=1S/C18H18FN7O3/c1-10-16(27)29-18(28)26(10)12-5-6-13(14(19)8-12)11-4-7-15(20-9-11)24(2)17-21-22-23-25(17)3/h4-10,16,27H,1-3H3. The SMILES string of the molecule is CC1C(O)OC(=O)N1c1ccc(-c2ccc(N(C)c3nnnn3C)nc2)c(F)c1. The van der Waals surface area contributed by atoms with E-state index in [1.807, 2.05) is 0 Å². The van der Waals surface area contributed by atoms with Crippen molar-refractivity contribution in [2.75, 3.05) is 16.8 Å². The zero-order valence-corrected chi connectivity index (χ0v) is 15.9. The third-order valence-corrected chi connectivity index (χ3v) is 4.77. The van der Waals surface area contributed by atoms with Crippen LogP contribution in [0.4, 0.5) is 26.6 Å². The second-order valence-corrected chi connectivity index (χ2v) is 6.62. The van der Waals surface area contributed by atoms with Gasteiger partial charge in [0, 0.05) is 31.4 Å². The Morgan fingerprint density at radius 1 is 1.28 bits per heavy atom. The summed E-state index contributed by atoms with van der Waals surface area (Å²) in [7, 11) is 3.49. The smallest absolute Gasteiger partial charge is 0.417 e. The van der Waals surface area contributed by atoms with Crippen LogP contribution in [-0.4, -0.2) is 55.8 Å². The minimum Gasteiger partial charge on any atom is -0.417 e. The molecule has 0 bridgehead atoms. The van der Waals surface area contributed by atoms with Gasteiger partial charge in [0.2, 0.25) is 6.29 Å². The lowest BCUT2D eigenvalue weighted by Gasteiger charge is -2.19. The monoisotopic (exact) mass is 399 g/mol. The zero-order chi connectivity index (χ0) is 20.7. The topological polar surface area (TPSA) is 110 Å². The van der Waals surface area contributed by atoms with Crippen LogP contribution in [0.3, 0.4) is 0 Å². The number of hydrogen-bond acceptors (Lipinski definition) is 8. The molecule has 0 saturated carbocycles. The van der Waals surface area contributed by atoms with E-state index in [1.165, 1.54) is 15.6 Å². The second-order valence-electron chi connectivity index (χ2n) is 6.62. The molecule has 1 aliphatic rings. The van der Waals surface area contributed by atoms with Crippen molar-refractivity contribution in [3.63, 3.8) is 0 Å². The number of aliphatic hydroxyl groups excluding tert-OH is 1. The Morgan fingerprint density at radius 3 is 2.62 bits per heavy atom. The van der Waals surface area contributed by atoms with Crippen LogP contribution in [0.15, 0.2) is 36.5 Å². The first-order valence-electron chi connectivity index (χ1n) is 8.77. The lowest BCUT2D eigenvalue weighted by molar-refractivity contribution is -0.0312. The molecule has 1 amide bonds. The number of aliphatic hydroxyl groups is 1. The van der Waals surface area contributed by atoms with Gasteiger partial charge in [-0.25, -0.2) is 18.9 Å². The summed E-state index contributed by atoms with van der Waals surface area (Å²) in [6, 6.07) is 7.24. The van der Waals surface area contributed by atoms with Crippen molar-refractivity contribution < 1.29 is 19.0 Å². The van der Waals surface area contributed by atoms with E-state index in [2.05, 4.69) is 20.5 Å². The maximum atomic E-state index is 14.8. The van der Waals surface area contributed by atoms with Gasteiger partial charge in [-0.2, -0.15) is 0 Å². The number of ether oxygens (including phenoxy) is 1. The number of halogens is 1. The zero-order valence-electron chi connectivity index (χ0n) is 15.9.